The molecule has 0 atom stereocenters. The number of halogens is 2. The number of esters is 1. The molecular formula is C14H13BrFNO3. The normalized spacial score (nSPS) is 17.2. The van der Waals surface area contributed by atoms with Crippen LogP contribution in [-0.2, 0) is 9.47 Å². The van der Waals surface area contributed by atoms with Gasteiger partial charge >= 0.3 is 5.97 Å². The van der Waals surface area contributed by atoms with E-state index in [1.807, 2.05) is 0 Å². The van der Waals surface area contributed by atoms with Crippen molar-refractivity contribution in [3.8, 4) is 6.07 Å². The highest BCUT2D eigenvalue weighted by Crippen LogP contribution is 2.30. The van der Waals surface area contributed by atoms with Crippen molar-refractivity contribution in [3.63, 3.8) is 0 Å². The van der Waals surface area contributed by atoms with Gasteiger partial charge in [-0.05, 0) is 31.0 Å². The molecule has 1 aliphatic heterocycles. The van der Waals surface area contributed by atoms with E-state index in [-0.39, 0.29) is 12.2 Å². The van der Waals surface area contributed by atoms with Crippen LogP contribution < -0.4 is 0 Å². The Morgan fingerprint density at radius 3 is 2.80 bits per heavy atom. The Morgan fingerprint density at radius 1 is 1.50 bits per heavy atom. The molecule has 1 heterocycles. The summed E-state index contributed by atoms with van der Waals surface area (Å²) in [5, 5.41) is 9.24. The molecule has 6 heteroatoms. The first-order valence-corrected chi connectivity index (χ1v) is 6.97. The largest absolute Gasteiger partial charge is 0.460 e. The van der Waals surface area contributed by atoms with Crippen LogP contribution in [0.25, 0.3) is 0 Å². The van der Waals surface area contributed by atoms with Crippen LogP contribution in [0.4, 0.5) is 4.39 Å². The first-order valence-electron chi connectivity index (χ1n) is 6.17. The van der Waals surface area contributed by atoms with Gasteiger partial charge in [0, 0.05) is 17.7 Å². The van der Waals surface area contributed by atoms with Gasteiger partial charge in [-0.1, -0.05) is 15.9 Å². The van der Waals surface area contributed by atoms with Crippen LogP contribution in [0.2, 0.25) is 0 Å². The summed E-state index contributed by atoms with van der Waals surface area (Å²) in [7, 11) is 0. The van der Waals surface area contributed by atoms with Gasteiger partial charge < -0.3 is 9.47 Å². The maximum atomic E-state index is 13.6. The van der Waals surface area contributed by atoms with Crippen LogP contribution in [0, 0.1) is 22.6 Å². The molecule has 0 spiro atoms. The van der Waals surface area contributed by atoms with E-state index in [1.165, 1.54) is 12.1 Å². The van der Waals surface area contributed by atoms with Gasteiger partial charge in [-0.3, -0.25) is 0 Å². The summed E-state index contributed by atoms with van der Waals surface area (Å²) >= 11 is 3.12. The average molecular weight is 342 g/mol. The van der Waals surface area contributed by atoms with Crippen LogP contribution >= 0.6 is 15.9 Å². The number of carbonyl (C=O) groups excluding carboxylic acids is 1. The molecule has 0 saturated carbocycles. The maximum absolute atomic E-state index is 13.6. The number of nitrogens with zero attached hydrogens (tertiary/aromatic N) is 1. The molecule has 0 amide bonds. The fourth-order valence-electron chi connectivity index (χ4n) is 1.99. The van der Waals surface area contributed by atoms with Crippen molar-refractivity contribution < 1.29 is 18.7 Å². The number of carbonyl (C=O) groups is 1. The molecule has 0 aliphatic carbocycles. The second kappa shape index (κ2) is 6.33. The molecule has 106 valence electrons. The lowest BCUT2D eigenvalue weighted by molar-refractivity contribution is -0.00489. The van der Waals surface area contributed by atoms with Gasteiger partial charge in [0.25, 0.3) is 0 Å². The number of nitriles is 1. The summed E-state index contributed by atoms with van der Waals surface area (Å²) in [6.07, 6.45) is 1.03. The first kappa shape index (κ1) is 14.9. The number of hydrogen-bond donors (Lipinski definition) is 0. The smallest absolute Gasteiger partial charge is 0.341 e. The van der Waals surface area contributed by atoms with E-state index in [4.69, 9.17) is 9.47 Å². The van der Waals surface area contributed by atoms with Gasteiger partial charge in [0.15, 0.2) is 0 Å². The minimum absolute atomic E-state index is 0.0405. The highest BCUT2D eigenvalue weighted by atomic mass is 79.9. The predicted molar refractivity (Wildman–Crippen MR) is 72.5 cm³/mol. The monoisotopic (exact) mass is 341 g/mol. The molecule has 1 aromatic carbocycles. The molecule has 0 N–H and O–H groups in total. The van der Waals surface area contributed by atoms with Crippen LogP contribution in [-0.4, -0.2) is 25.8 Å². The Hall–Kier alpha value is -1.45. The molecular weight excluding hydrogens is 329 g/mol. The molecule has 0 radical (unpaired) electrons. The van der Waals surface area contributed by atoms with Crippen LogP contribution in [0.3, 0.4) is 0 Å². The van der Waals surface area contributed by atoms with Gasteiger partial charge in [0.05, 0.1) is 17.0 Å². The molecule has 1 saturated heterocycles. The fourth-order valence-corrected chi connectivity index (χ4v) is 2.32. The fraction of sp³-hybridized carbons (Fsp3) is 0.429. The van der Waals surface area contributed by atoms with E-state index in [0.717, 1.165) is 0 Å². The molecule has 0 unspecified atom stereocenters. The molecule has 1 fully saturated rings. The van der Waals surface area contributed by atoms with Crippen molar-refractivity contribution in [2.24, 2.45) is 5.41 Å². The quantitative estimate of drug-likeness (QED) is 0.792. The third-order valence-corrected chi connectivity index (χ3v) is 3.81. The predicted octanol–water partition coefficient (Wildman–Crippen LogP) is 3.07. The minimum Gasteiger partial charge on any atom is -0.460 e. The molecule has 1 aromatic rings. The Bertz CT molecular complexity index is 550. The van der Waals surface area contributed by atoms with Crippen LogP contribution in [0.15, 0.2) is 22.7 Å². The summed E-state index contributed by atoms with van der Waals surface area (Å²) in [6, 6.07) is 6.30. The van der Waals surface area contributed by atoms with Crippen molar-refractivity contribution in [2.75, 3.05) is 19.8 Å². The van der Waals surface area contributed by atoms with E-state index >= 15 is 0 Å². The lowest BCUT2D eigenvalue weighted by Gasteiger charge is -2.29. The standard InChI is InChI=1S/C14H13BrFNO3/c15-10-1-2-11(12(16)7-10)13(18)20-9-14(8-17)3-5-19-6-4-14/h1-2,7H,3-6,9H2. The Morgan fingerprint density at radius 2 is 2.20 bits per heavy atom. The molecule has 20 heavy (non-hydrogen) atoms. The second-order valence-electron chi connectivity index (χ2n) is 4.70. The van der Waals surface area contributed by atoms with E-state index < -0.39 is 17.2 Å². The zero-order valence-corrected chi connectivity index (χ0v) is 12.3. The van der Waals surface area contributed by atoms with Gasteiger partial charge in [0.1, 0.15) is 12.4 Å². The van der Waals surface area contributed by atoms with Crippen molar-refractivity contribution in [2.45, 2.75) is 12.8 Å². The number of ether oxygens (including phenoxy) is 2. The van der Waals surface area contributed by atoms with Gasteiger partial charge in [0.2, 0.25) is 0 Å². The first-order chi connectivity index (χ1) is 9.56. The van der Waals surface area contributed by atoms with Gasteiger partial charge in [-0.25, -0.2) is 9.18 Å². The summed E-state index contributed by atoms with van der Waals surface area (Å²) < 4.78 is 24.5. The summed E-state index contributed by atoms with van der Waals surface area (Å²) in [5.74, 6) is -1.40. The van der Waals surface area contributed by atoms with E-state index in [1.54, 1.807) is 6.07 Å². The number of benzene rings is 1. The molecule has 0 bridgehead atoms. The maximum Gasteiger partial charge on any atom is 0.341 e. The van der Waals surface area contributed by atoms with Crippen LogP contribution in [0.1, 0.15) is 23.2 Å². The lowest BCUT2D eigenvalue weighted by Crippen LogP contribution is -2.33. The number of hydrogen-bond acceptors (Lipinski definition) is 4. The zero-order chi connectivity index (χ0) is 14.6. The van der Waals surface area contributed by atoms with Gasteiger partial charge in [-0.15, -0.1) is 0 Å². The van der Waals surface area contributed by atoms with Crippen molar-refractivity contribution in [3.05, 3.63) is 34.1 Å². The Balaban J connectivity index is 2.03. The molecule has 2 rings (SSSR count). The Labute approximate surface area is 124 Å². The lowest BCUT2D eigenvalue weighted by atomic mass is 9.83. The minimum atomic E-state index is -0.754. The highest BCUT2D eigenvalue weighted by molar-refractivity contribution is 9.10. The number of rotatable bonds is 3. The summed E-state index contributed by atoms with van der Waals surface area (Å²) in [5.41, 5.74) is -0.854. The van der Waals surface area contributed by atoms with Crippen LogP contribution in [0.5, 0.6) is 0 Å². The van der Waals surface area contributed by atoms with Crippen molar-refractivity contribution >= 4 is 21.9 Å². The summed E-state index contributed by atoms with van der Waals surface area (Å²) in [4.78, 5) is 11.9. The molecule has 4 nitrogen and oxygen atoms in total. The SMILES string of the molecule is N#CC1(COC(=O)c2ccc(Br)cc2F)CCOCC1. The van der Waals surface area contributed by atoms with E-state index in [0.29, 0.717) is 30.5 Å². The molecule has 1 aliphatic rings. The van der Waals surface area contributed by atoms with Gasteiger partial charge in [-0.2, -0.15) is 5.26 Å². The average Bonchev–Trinajstić information content (AvgIpc) is 2.46. The van der Waals surface area contributed by atoms with E-state index in [2.05, 4.69) is 22.0 Å². The third-order valence-electron chi connectivity index (χ3n) is 3.32. The summed E-state index contributed by atoms with van der Waals surface area (Å²) in [6.45, 7) is 0.900. The highest BCUT2D eigenvalue weighted by Gasteiger charge is 2.34. The van der Waals surface area contributed by atoms with Crippen molar-refractivity contribution in [1.29, 1.82) is 5.26 Å². The second-order valence-corrected chi connectivity index (χ2v) is 5.62. The molecule has 0 aromatic heterocycles. The third kappa shape index (κ3) is 3.35. The zero-order valence-electron chi connectivity index (χ0n) is 10.7. The van der Waals surface area contributed by atoms with E-state index in [9.17, 15) is 14.4 Å². The topological polar surface area (TPSA) is 59.3 Å². The van der Waals surface area contributed by atoms with Crippen molar-refractivity contribution in [1.82, 2.24) is 0 Å². The Kier molecular flexibility index (Phi) is 4.73.